The van der Waals surface area contributed by atoms with Crippen molar-refractivity contribution in [2.24, 2.45) is 0 Å². The third-order valence-electron chi connectivity index (χ3n) is 4.46. The van der Waals surface area contributed by atoms with E-state index in [1.807, 2.05) is 20.2 Å². The van der Waals surface area contributed by atoms with Crippen molar-refractivity contribution < 1.29 is 4.79 Å². The number of likely N-dealkylation sites (N-methyl/N-ethyl adjacent to an activating group) is 1. The van der Waals surface area contributed by atoms with Crippen molar-refractivity contribution >= 4 is 5.91 Å². The normalized spacial score (nSPS) is 12.5. The molecule has 1 aromatic rings. The molecule has 1 aromatic carbocycles. The quantitative estimate of drug-likeness (QED) is 0.836. The van der Waals surface area contributed by atoms with E-state index >= 15 is 0 Å². The Morgan fingerprint density at radius 3 is 2.19 bits per heavy atom. The first kappa shape index (κ1) is 17.7. The van der Waals surface area contributed by atoms with Crippen LogP contribution in [0.5, 0.6) is 0 Å². The largest absolute Gasteiger partial charge is 0.354 e. The van der Waals surface area contributed by atoms with Crippen LogP contribution in [0.1, 0.15) is 46.1 Å². The van der Waals surface area contributed by atoms with Crippen LogP contribution in [0.4, 0.5) is 0 Å². The molecular formula is C18H30N2O. The molecule has 118 valence electrons. The van der Waals surface area contributed by atoms with E-state index in [1.54, 1.807) is 0 Å². The summed E-state index contributed by atoms with van der Waals surface area (Å²) < 4.78 is 0. The fraction of sp³-hybridized carbons (Fsp3) is 0.611. The lowest BCUT2D eigenvalue weighted by atomic mass is 9.80. The third-order valence-corrected chi connectivity index (χ3v) is 4.46. The Labute approximate surface area is 129 Å². The van der Waals surface area contributed by atoms with Crippen LogP contribution >= 0.6 is 0 Å². The first-order chi connectivity index (χ1) is 9.65. The lowest BCUT2D eigenvalue weighted by molar-refractivity contribution is -0.121. The van der Waals surface area contributed by atoms with Gasteiger partial charge in [0.2, 0.25) is 5.91 Å². The highest BCUT2D eigenvalue weighted by molar-refractivity contribution is 5.76. The Hall–Kier alpha value is -1.35. The van der Waals surface area contributed by atoms with E-state index in [0.717, 1.165) is 6.42 Å². The van der Waals surface area contributed by atoms with Gasteiger partial charge in [0, 0.05) is 18.5 Å². The number of rotatable bonds is 7. The molecule has 0 radical (unpaired) electrons. The summed E-state index contributed by atoms with van der Waals surface area (Å²) in [6.07, 6.45) is 1.41. The summed E-state index contributed by atoms with van der Waals surface area (Å²) >= 11 is 0. The van der Waals surface area contributed by atoms with Gasteiger partial charge in [-0.1, -0.05) is 44.2 Å². The number of hydrogen-bond acceptors (Lipinski definition) is 2. The second-order valence-corrected chi connectivity index (χ2v) is 7.23. The topological polar surface area (TPSA) is 32.3 Å². The van der Waals surface area contributed by atoms with Crippen molar-refractivity contribution in [3.05, 3.63) is 35.9 Å². The van der Waals surface area contributed by atoms with Crippen LogP contribution in [-0.4, -0.2) is 37.0 Å². The van der Waals surface area contributed by atoms with Crippen molar-refractivity contribution in [1.82, 2.24) is 10.2 Å². The average molecular weight is 290 g/mol. The minimum Gasteiger partial charge on any atom is -0.354 e. The predicted octanol–water partition coefficient (Wildman–Crippen LogP) is 3.20. The summed E-state index contributed by atoms with van der Waals surface area (Å²) in [5.74, 6) is 0.133. The summed E-state index contributed by atoms with van der Waals surface area (Å²) in [4.78, 5) is 14.2. The molecule has 0 aliphatic carbocycles. The minimum absolute atomic E-state index is 0.0232. The standard InChI is InChI=1S/C18H30N2O/c1-17(2,15-10-8-7-9-11-15)13-12-16(21)19-14-18(3,4)20(5)6/h7-11H,12-14H2,1-6H3,(H,19,21). The molecule has 3 heteroatoms. The molecule has 0 saturated carbocycles. The highest BCUT2D eigenvalue weighted by Gasteiger charge is 2.23. The monoisotopic (exact) mass is 290 g/mol. The van der Waals surface area contributed by atoms with Crippen LogP contribution in [-0.2, 0) is 10.2 Å². The molecule has 21 heavy (non-hydrogen) atoms. The van der Waals surface area contributed by atoms with Crippen LogP contribution in [0.15, 0.2) is 30.3 Å². The van der Waals surface area contributed by atoms with E-state index in [-0.39, 0.29) is 16.9 Å². The smallest absolute Gasteiger partial charge is 0.220 e. The van der Waals surface area contributed by atoms with E-state index in [4.69, 9.17) is 0 Å². The van der Waals surface area contributed by atoms with Crippen LogP contribution < -0.4 is 5.32 Å². The number of carbonyl (C=O) groups excluding carboxylic acids is 1. The fourth-order valence-electron chi connectivity index (χ4n) is 2.02. The second kappa shape index (κ2) is 7.08. The Balaban J connectivity index is 2.46. The summed E-state index contributed by atoms with van der Waals surface area (Å²) in [7, 11) is 4.06. The summed E-state index contributed by atoms with van der Waals surface area (Å²) in [6, 6.07) is 10.4. The number of nitrogens with one attached hydrogen (secondary N) is 1. The molecule has 0 aliphatic heterocycles. The minimum atomic E-state index is -0.0232. The number of benzene rings is 1. The van der Waals surface area contributed by atoms with Gasteiger partial charge in [-0.05, 0) is 45.3 Å². The van der Waals surface area contributed by atoms with Crippen molar-refractivity contribution in [2.45, 2.75) is 51.5 Å². The van der Waals surface area contributed by atoms with Crippen molar-refractivity contribution in [3.8, 4) is 0 Å². The first-order valence-corrected chi connectivity index (χ1v) is 7.65. The van der Waals surface area contributed by atoms with Crippen molar-refractivity contribution in [3.63, 3.8) is 0 Å². The van der Waals surface area contributed by atoms with Gasteiger partial charge in [-0.3, -0.25) is 4.79 Å². The molecular weight excluding hydrogens is 260 g/mol. The van der Waals surface area contributed by atoms with Crippen LogP contribution in [0.3, 0.4) is 0 Å². The van der Waals surface area contributed by atoms with Crippen LogP contribution in [0.2, 0.25) is 0 Å². The molecule has 0 spiro atoms. The third kappa shape index (κ3) is 5.50. The average Bonchev–Trinajstić information content (AvgIpc) is 2.44. The number of nitrogens with zero attached hydrogens (tertiary/aromatic N) is 1. The maximum Gasteiger partial charge on any atom is 0.220 e. The molecule has 0 aromatic heterocycles. The molecule has 1 rings (SSSR count). The molecule has 1 amide bonds. The molecule has 0 heterocycles. The van der Waals surface area contributed by atoms with E-state index in [1.165, 1.54) is 5.56 Å². The Morgan fingerprint density at radius 2 is 1.67 bits per heavy atom. The summed E-state index contributed by atoms with van der Waals surface area (Å²) in [5.41, 5.74) is 1.28. The van der Waals surface area contributed by atoms with E-state index < -0.39 is 0 Å². The van der Waals surface area contributed by atoms with Gasteiger partial charge >= 0.3 is 0 Å². The second-order valence-electron chi connectivity index (χ2n) is 7.23. The maximum atomic E-state index is 12.1. The summed E-state index contributed by atoms with van der Waals surface area (Å²) in [6.45, 7) is 9.31. The predicted molar refractivity (Wildman–Crippen MR) is 89.5 cm³/mol. The molecule has 0 bridgehead atoms. The van der Waals surface area contributed by atoms with Crippen molar-refractivity contribution in [2.75, 3.05) is 20.6 Å². The van der Waals surface area contributed by atoms with E-state index in [2.05, 4.69) is 62.2 Å². The van der Waals surface area contributed by atoms with E-state index in [9.17, 15) is 4.79 Å². The zero-order chi connectivity index (χ0) is 16.1. The molecule has 0 saturated heterocycles. The van der Waals surface area contributed by atoms with Crippen LogP contribution in [0, 0.1) is 0 Å². The number of carbonyl (C=O) groups is 1. The molecule has 1 N–H and O–H groups in total. The number of amides is 1. The van der Waals surface area contributed by atoms with Gasteiger partial charge in [-0.25, -0.2) is 0 Å². The fourth-order valence-corrected chi connectivity index (χ4v) is 2.02. The first-order valence-electron chi connectivity index (χ1n) is 7.65. The molecule has 0 atom stereocenters. The van der Waals surface area contributed by atoms with Gasteiger partial charge in [0.25, 0.3) is 0 Å². The molecule has 0 fully saturated rings. The van der Waals surface area contributed by atoms with Crippen molar-refractivity contribution in [1.29, 1.82) is 0 Å². The van der Waals surface area contributed by atoms with E-state index in [0.29, 0.717) is 13.0 Å². The molecule has 0 aliphatic rings. The molecule has 0 unspecified atom stereocenters. The maximum absolute atomic E-state index is 12.1. The van der Waals surface area contributed by atoms with Crippen LogP contribution in [0.25, 0.3) is 0 Å². The lowest BCUT2D eigenvalue weighted by Crippen LogP contribution is -2.48. The van der Waals surface area contributed by atoms with Gasteiger partial charge in [0.05, 0.1) is 0 Å². The molecule has 3 nitrogen and oxygen atoms in total. The zero-order valence-corrected chi connectivity index (χ0v) is 14.4. The highest BCUT2D eigenvalue weighted by Crippen LogP contribution is 2.27. The highest BCUT2D eigenvalue weighted by atomic mass is 16.1. The SMILES string of the molecule is CN(C)C(C)(C)CNC(=O)CCC(C)(C)c1ccccc1. The number of hydrogen-bond donors (Lipinski definition) is 1. The van der Waals surface area contributed by atoms with Gasteiger partial charge < -0.3 is 10.2 Å². The Morgan fingerprint density at radius 1 is 1.10 bits per heavy atom. The zero-order valence-electron chi connectivity index (χ0n) is 14.4. The Kier molecular flexibility index (Phi) is 5.97. The van der Waals surface area contributed by atoms with Gasteiger partial charge in [0.15, 0.2) is 0 Å². The summed E-state index contributed by atoms with van der Waals surface area (Å²) in [5, 5.41) is 3.05. The Bertz CT molecular complexity index is 450. The van der Waals surface area contributed by atoms with Gasteiger partial charge in [-0.2, -0.15) is 0 Å². The van der Waals surface area contributed by atoms with Gasteiger partial charge in [-0.15, -0.1) is 0 Å². The van der Waals surface area contributed by atoms with Gasteiger partial charge in [0.1, 0.15) is 0 Å². The lowest BCUT2D eigenvalue weighted by Gasteiger charge is -2.33.